The van der Waals surface area contributed by atoms with E-state index in [4.69, 9.17) is 0 Å². The zero-order chi connectivity index (χ0) is 21.3. The molecule has 0 fully saturated rings. The third-order valence-electron chi connectivity index (χ3n) is 5.66. The highest BCUT2D eigenvalue weighted by molar-refractivity contribution is 7.20. The van der Waals surface area contributed by atoms with Crippen molar-refractivity contribution in [3.8, 4) is 11.1 Å². The van der Waals surface area contributed by atoms with Crippen LogP contribution in [-0.4, -0.2) is 0 Å². The lowest BCUT2D eigenvalue weighted by molar-refractivity contribution is 1.40. The quantitative estimate of drug-likeness (QED) is 0.310. The standard InChI is InChI=1S/C29H26S/c1-6-23(29-26-14-8-9-17-28(26)30-27(29)7-2)25-16-11-15-24(20(25)5)22-13-10-12-21(18-22)19(3)4/h6-18H,2-3H2,1,4-5H3/b23-6-. The highest BCUT2D eigenvalue weighted by Gasteiger charge is 2.18. The number of allylic oxidation sites excluding steroid dienone is 2. The van der Waals surface area contributed by atoms with E-state index in [9.17, 15) is 0 Å². The lowest BCUT2D eigenvalue weighted by Gasteiger charge is -2.16. The Balaban J connectivity index is 1.92. The van der Waals surface area contributed by atoms with Gasteiger partial charge in [0.1, 0.15) is 0 Å². The molecule has 0 aliphatic carbocycles. The van der Waals surface area contributed by atoms with E-state index in [1.165, 1.54) is 53.9 Å². The summed E-state index contributed by atoms with van der Waals surface area (Å²) in [6.07, 6.45) is 4.22. The first-order valence-corrected chi connectivity index (χ1v) is 11.0. The molecular weight excluding hydrogens is 380 g/mol. The van der Waals surface area contributed by atoms with Crippen molar-refractivity contribution in [3.05, 3.63) is 113 Å². The van der Waals surface area contributed by atoms with Crippen LogP contribution >= 0.6 is 11.3 Å². The minimum atomic E-state index is 1.08. The minimum absolute atomic E-state index is 1.08. The molecule has 4 rings (SSSR count). The van der Waals surface area contributed by atoms with Gasteiger partial charge in [-0.1, -0.05) is 85.5 Å². The van der Waals surface area contributed by atoms with E-state index in [0.29, 0.717) is 0 Å². The summed E-state index contributed by atoms with van der Waals surface area (Å²) in [7, 11) is 0. The molecule has 3 aromatic carbocycles. The predicted molar refractivity (Wildman–Crippen MR) is 136 cm³/mol. The Morgan fingerprint density at radius 3 is 2.47 bits per heavy atom. The molecule has 30 heavy (non-hydrogen) atoms. The van der Waals surface area contributed by atoms with E-state index in [1.807, 2.05) is 6.08 Å². The zero-order valence-corrected chi connectivity index (χ0v) is 18.6. The fraction of sp³-hybridized carbons (Fsp3) is 0.103. The maximum absolute atomic E-state index is 4.11. The van der Waals surface area contributed by atoms with Crippen LogP contribution in [0.3, 0.4) is 0 Å². The van der Waals surface area contributed by atoms with Crippen LogP contribution in [0.15, 0.2) is 86.0 Å². The molecule has 148 valence electrons. The molecule has 1 heterocycles. The lowest BCUT2D eigenvalue weighted by atomic mass is 9.88. The van der Waals surface area contributed by atoms with E-state index in [2.05, 4.69) is 107 Å². The van der Waals surface area contributed by atoms with Gasteiger partial charge in [-0.15, -0.1) is 11.3 Å². The van der Waals surface area contributed by atoms with Crippen LogP contribution in [0.1, 0.15) is 41.0 Å². The van der Waals surface area contributed by atoms with Crippen molar-refractivity contribution >= 4 is 38.6 Å². The lowest BCUT2D eigenvalue weighted by Crippen LogP contribution is -1.95. The molecule has 0 N–H and O–H groups in total. The normalized spacial score (nSPS) is 11.6. The number of thiophene rings is 1. The van der Waals surface area contributed by atoms with Crippen molar-refractivity contribution in [2.24, 2.45) is 0 Å². The fourth-order valence-corrected chi connectivity index (χ4v) is 5.18. The highest BCUT2D eigenvalue weighted by Crippen LogP contribution is 2.41. The Morgan fingerprint density at radius 1 is 0.967 bits per heavy atom. The summed E-state index contributed by atoms with van der Waals surface area (Å²) >= 11 is 1.81. The molecule has 0 aliphatic heterocycles. The van der Waals surface area contributed by atoms with E-state index >= 15 is 0 Å². The number of hydrogen-bond acceptors (Lipinski definition) is 1. The van der Waals surface area contributed by atoms with Crippen molar-refractivity contribution in [2.75, 3.05) is 0 Å². The molecule has 4 aromatic rings. The van der Waals surface area contributed by atoms with Gasteiger partial charge in [0.15, 0.2) is 0 Å². The Hall–Kier alpha value is -3.16. The van der Waals surface area contributed by atoms with Gasteiger partial charge >= 0.3 is 0 Å². The summed E-state index contributed by atoms with van der Waals surface area (Å²) in [5.74, 6) is 0. The van der Waals surface area contributed by atoms with Gasteiger partial charge in [-0.2, -0.15) is 0 Å². The van der Waals surface area contributed by atoms with Crippen LogP contribution in [-0.2, 0) is 0 Å². The average Bonchev–Trinajstić information content (AvgIpc) is 3.14. The molecule has 0 amide bonds. The van der Waals surface area contributed by atoms with Crippen LogP contribution in [0.5, 0.6) is 0 Å². The molecule has 0 bridgehead atoms. The van der Waals surface area contributed by atoms with E-state index in [1.54, 1.807) is 11.3 Å². The number of rotatable bonds is 5. The van der Waals surface area contributed by atoms with Crippen LogP contribution in [0, 0.1) is 6.92 Å². The summed E-state index contributed by atoms with van der Waals surface area (Å²) in [5, 5.41) is 1.29. The Labute approximate surface area is 183 Å². The maximum atomic E-state index is 4.11. The predicted octanol–water partition coefficient (Wildman–Crippen LogP) is 9.00. The second-order valence-corrected chi connectivity index (χ2v) is 8.67. The van der Waals surface area contributed by atoms with Gasteiger partial charge in [-0.05, 0) is 66.3 Å². The molecule has 0 atom stereocenters. The van der Waals surface area contributed by atoms with Gasteiger partial charge in [0.2, 0.25) is 0 Å². The van der Waals surface area contributed by atoms with Crippen LogP contribution < -0.4 is 0 Å². The van der Waals surface area contributed by atoms with Crippen molar-refractivity contribution < 1.29 is 0 Å². The third-order valence-corrected chi connectivity index (χ3v) is 6.82. The monoisotopic (exact) mass is 406 g/mol. The maximum Gasteiger partial charge on any atom is 0.0355 e. The van der Waals surface area contributed by atoms with Gasteiger partial charge in [0.05, 0.1) is 0 Å². The van der Waals surface area contributed by atoms with E-state index in [-0.39, 0.29) is 0 Å². The molecular formula is C29H26S. The smallest absolute Gasteiger partial charge is 0.0355 e. The first-order valence-electron chi connectivity index (χ1n) is 10.2. The second-order valence-electron chi connectivity index (χ2n) is 7.58. The highest BCUT2D eigenvalue weighted by atomic mass is 32.1. The fourth-order valence-electron chi connectivity index (χ4n) is 4.11. The second kappa shape index (κ2) is 8.30. The van der Waals surface area contributed by atoms with Crippen molar-refractivity contribution in [2.45, 2.75) is 20.8 Å². The Morgan fingerprint density at radius 2 is 1.73 bits per heavy atom. The first-order chi connectivity index (χ1) is 14.5. The van der Waals surface area contributed by atoms with Crippen molar-refractivity contribution in [1.82, 2.24) is 0 Å². The number of fused-ring (bicyclic) bond motifs is 1. The molecule has 1 heteroatoms. The van der Waals surface area contributed by atoms with Gasteiger partial charge in [0.25, 0.3) is 0 Å². The van der Waals surface area contributed by atoms with E-state index < -0.39 is 0 Å². The molecule has 0 unspecified atom stereocenters. The molecule has 0 saturated heterocycles. The average molecular weight is 407 g/mol. The molecule has 1 aromatic heterocycles. The Kier molecular flexibility index (Phi) is 5.57. The summed E-state index contributed by atoms with van der Waals surface area (Å²) in [6, 6.07) is 23.9. The van der Waals surface area contributed by atoms with Gasteiger partial charge in [-0.3, -0.25) is 0 Å². The zero-order valence-electron chi connectivity index (χ0n) is 17.8. The van der Waals surface area contributed by atoms with Crippen LogP contribution in [0.4, 0.5) is 0 Å². The van der Waals surface area contributed by atoms with Crippen molar-refractivity contribution in [3.63, 3.8) is 0 Å². The number of hydrogen-bond donors (Lipinski definition) is 0. The molecule has 0 spiro atoms. The number of benzene rings is 3. The SMILES string of the molecule is C=Cc1sc2ccccc2c1/C(=C\C)c1cccc(-c2cccc(C(=C)C)c2)c1C. The van der Waals surface area contributed by atoms with Gasteiger partial charge in [0, 0.05) is 20.5 Å². The summed E-state index contributed by atoms with van der Waals surface area (Å²) in [6.45, 7) is 14.6. The first kappa shape index (κ1) is 20.1. The van der Waals surface area contributed by atoms with Crippen LogP contribution in [0.25, 0.3) is 38.4 Å². The van der Waals surface area contributed by atoms with Gasteiger partial charge in [-0.25, -0.2) is 0 Å². The molecule has 0 radical (unpaired) electrons. The molecule has 0 saturated carbocycles. The molecule has 0 nitrogen and oxygen atoms in total. The minimum Gasteiger partial charge on any atom is -0.135 e. The summed E-state index contributed by atoms with van der Waals surface area (Å²) in [4.78, 5) is 1.22. The van der Waals surface area contributed by atoms with Gasteiger partial charge < -0.3 is 0 Å². The largest absolute Gasteiger partial charge is 0.135 e. The summed E-state index contributed by atoms with van der Waals surface area (Å²) < 4.78 is 1.30. The van der Waals surface area contributed by atoms with E-state index in [0.717, 1.165) is 5.57 Å². The molecule has 0 aliphatic rings. The van der Waals surface area contributed by atoms with Crippen LogP contribution in [0.2, 0.25) is 0 Å². The Bertz CT molecular complexity index is 1300. The van der Waals surface area contributed by atoms with Crippen molar-refractivity contribution in [1.29, 1.82) is 0 Å². The third kappa shape index (κ3) is 3.46. The topological polar surface area (TPSA) is 0 Å². The summed E-state index contributed by atoms with van der Waals surface area (Å²) in [5.41, 5.74) is 9.85.